The molecule has 2 rings (SSSR count). The number of hydrogen-bond donors (Lipinski definition) is 0. The fourth-order valence-electron chi connectivity index (χ4n) is 3.33. The number of amides is 1. The number of carbonyl (C=O) groups excluding carboxylic acids is 1. The van der Waals surface area contributed by atoms with E-state index in [1.54, 1.807) is 18.2 Å². The Morgan fingerprint density at radius 3 is 2.56 bits per heavy atom. The molecule has 25 heavy (non-hydrogen) atoms. The molecule has 0 saturated carbocycles. The molecular formula is C21H29N3O. The Labute approximate surface area is 151 Å². The Hall–Kier alpha value is -2.12. The Balaban J connectivity index is 1.97. The van der Waals surface area contributed by atoms with Crippen molar-refractivity contribution < 1.29 is 4.79 Å². The van der Waals surface area contributed by atoms with Crippen molar-refractivity contribution in [2.24, 2.45) is 0 Å². The molecule has 0 aromatic heterocycles. The Morgan fingerprint density at radius 1 is 1.28 bits per heavy atom. The van der Waals surface area contributed by atoms with Crippen LogP contribution in [0.25, 0.3) is 6.08 Å². The highest BCUT2D eigenvalue weighted by Gasteiger charge is 2.21. The molecule has 0 bridgehead atoms. The zero-order chi connectivity index (χ0) is 18.1. The van der Waals surface area contributed by atoms with Crippen molar-refractivity contribution in [1.29, 1.82) is 5.26 Å². The van der Waals surface area contributed by atoms with Crippen LogP contribution < -0.4 is 0 Å². The summed E-state index contributed by atoms with van der Waals surface area (Å²) in [4.78, 5) is 17.1. The van der Waals surface area contributed by atoms with Gasteiger partial charge in [-0.25, -0.2) is 0 Å². The number of piperidine rings is 1. The molecule has 1 heterocycles. The lowest BCUT2D eigenvalue weighted by molar-refractivity contribution is -0.128. The van der Waals surface area contributed by atoms with Gasteiger partial charge in [0.2, 0.25) is 5.91 Å². The fraction of sp³-hybridized carbons (Fsp3) is 0.524. The number of carbonyl (C=O) groups is 1. The largest absolute Gasteiger partial charge is 0.335 e. The van der Waals surface area contributed by atoms with Gasteiger partial charge in [0.05, 0.1) is 11.6 Å². The van der Waals surface area contributed by atoms with Gasteiger partial charge in [-0.05, 0) is 63.0 Å². The molecule has 0 aliphatic carbocycles. The molecular weight excluding hydrogens is 310 g/mol. The topological polar surface area (TPSA) is 47.3 Å². The molecule has 0 spiro atoms. The summed E-state index contributed by atoms with van der Waals surface area (Å²) in [6.07, 6.45) is 8.32. The maximum atomic E-state index is 12.7. The molecule has 134 valence electrons. The van der Waals surface area contributed by atoms with Gasteiger partial charge in [-0.1, -0.05) is 25.5 Å². The Bertz CT molecular complexity index is 609. The highest BCUT2D eigenvalue weighted by atomic mass is 16.2. The van der Waals surface area contributed by atoms with Gasteiger partial charge in [-0.15, -0.1) is 0 Å². The molecule has 1 atom stereocenters. The third-order valence-corrected chi connectivity index (χ3v) is 4.71. The molecule has 1 aliphatic heterocycles. The summed E-state index contributed by atoms with van der Waals surface area (Å²) in [5, 5.41) is 8.84. The second-order valence-corrected chi connectivity index (χ2v) is 6.81. The Morgan fingerprint density at radius 2 is 1.96 bits per heavy atom. The van der Waals surface area contributed by atoms with Crippen LogP contribution in [-0.2, 0) is 4.79 Å². The van der Waals surface area contributed by atoms with Crippen LogP contribution in [0.2, 0.25) is 0 Å². The maximum Gasteiger partial charge on any atom is 0.246 e. The van der Waals surface area contributed by atoms with Crippen LogP contribution in [0, 0.1) is 11.3 Å². The summed E-state index contributed by atoms with van der Waals surface area (Å²) in [6.45, 7) is 8.30. The standard InChI is InChI=1S/C21H29N3O/c1-3-13-24(18(2)17-23-14-5-4-6-15-23)21(25)12-11-19-7-9-20(16-22)10-8-19/h7-12,18H,3-6,13-15,17H2,1-2H3/b12-11+. The summed E-state index contributed by atoms with van der Waals surface area (Å²) < 4.78 is 0. The van der Waals surface area contributed by atoms with Crippen LogP contribution in [-0.4, -0.2) is 47.9 Å². The van der Waals surface area contributed by atoms with E-state index in [0.717, 1.165) is 38.2 Å². The SMILES string of the molecule is CCCN(C(=O)/C=C/c1ccc(C#N)cc1)C(C)CN1CCCCC1. The molecule has 1 saturated heterocycles. The van der Waals surface area contributed by atoms with Crippen molar-refractivity contribution in [1.82, 2.24) is 9.80 Å². The molecule has 1 aliphatic rings. The monoisotopic (exact) mass is 339 g/mol. The number of hydrogen-bond acceptors (Lipinski definition) is 3. The van der Waals surface area contributed by atoms with E-state index in [0.29, 0.717) is 5.56 Å². The van der Waals surface area contributed by atoms with Gasteiger partial charge in [0, 0.05) is 25.2 Å². The zero-order valence-electron chi connectivity index (χ0n) is 15.4. The number of nitriles is 1. The minimum absolute atomic E-state index is 0.0655. The van der Waals surface area contributed by atoms with Gasteiger partial charge in [0.1, 0.15) is 0 Å². The number of rotatable bonds is 7. The van der Waals surface area contributed by atoms with E-state index in [9.17, 15) is 4.79 Å². The smallest absolute Gasteiger partial charge is 0.246 e. The van der Waals surface area contributed by atoms with E-state index in [-0.39, 0.29) is 11.9 Å². The van der Waals surface area contributed by atoms with Gasteiger partial charge in [-0.3, -0.25) is 4.79 Å². The van der Waals surface area contributed by atoms with E-state index < -0.39 is 0 Å². The lowest BCUT2D eigenvalue weighted by Crippen LogP contribution is -2.46. The zero-order valence-corrected chi connectivity index (χ0v) is 15.4. The van der Waals surface area contributed by atoms with Gasteiger partial charge in [0.15, 0.2) is 0 Å². The molecule has 1 fully saturated rings. The number of benzene rings is 1. The van der Waals surface area contributed by atoms with Crippen LogP contribution in [0.3, 0.4) is 0 Å². The molecule has 0 radical (unpaired) electrons. The summed E-state index contributed by atoms with van der Waals surface area (Å²) in [5.41, 5.74) is 1.57. The van der Waals surface area contributed by atoms with Crippen molar-refractivity contribution in [2.75, 3.05) is 26.2 Å². The number of likely N-dealkylation sites (tertiary alicyclic amines) is 1. The normalized spacial score (nSPS) is 16.5. The van der Waals surface area contributed by atoms with E-state index in [4.69, 9.17) is 5.26 Å². The predicted molar refractivity (Wildman–Crippen MR) is 102 cm³/mol. The predicted octanol–water partition coefficient (Wildman–Crippen LogP) is 3.68. The van der Waals surface area contributed by atoms with Crippen molar-refractivity contribution >= 4 is 12.0 Å². The third-order valence-electron chi connectivity index (χ3n) is 4.71. The minimum Gasteiger partial charge on any atom is -0.335 e. The third kappa shape index (κ3) is 6.03. The number of nitrogens with zero attached hydrogens (tertiary/aromatic N) is 3. The first-order chi connectivity index (χ1) is 12.1. The summed E-state index contributed by atoms with van der Waals surface area (Å²) in [7, 11) is 0. The van der Waals surface area contributed by atoms with Crippen LogP contribution in [0.4, 0.5) is 0 Å². The van der Waals surface area contributed by atoms with E-state index in [1.165, 1.54) is 19.3 Å². The van der Waals surface area contributed by atoms with Crippen molar-refractivity contribution in [2.45, 2.75) is 45.6 Å². The van der Waals surface area contributed by atoms with Crippen LogP contribution in [0.15, 0.2) is 30.3 Å². The molecule has 1 aromatic rings. The summed E-state index contributed by atoms with van der Waals surface area (Å²) >= 11 is 0. The van der Waals surface area contributed by atoms with Gasteiger partial charge >= 0.3 is 0 Å². The minimum atomic E-state index is 0.0655. The highest BCUT2D eigenvalue weighted by Crippen LogP contribution is 2.12. The molecule has 4 heteroatoms. The highest BCUT2D eigenvalue weighted by molar-refractivity contribution is 5.92. The molecule has 4 nitrogen and oxygen atoms in total. The Kier molecular flexibility index (Phi) is 7.69. The first-order valence-electron chi connectivity index (χ1n) is 9.35. The second-order valence-electron chi connectivity index (χ2n) is 6.81. The van der Waals surface area contributed by atoms with E-state index >= 15 is 0 Å². The average molecular weight is 339 g/mol. The van der Waals surface area contributed by atoms with Crippen molar-refractivity contribution in [3.05, 3.63) is 41.5 Å². The molecule has 1 aromatic carbocycles. The van der Waals surface area contributed by atoms with Gasteiger partial charge < -0.3 is 9.80 Å². The summed E-state index contributed by atoms with van der Waals surface area (Å²) in [5.74, 6) is 0.0655. The molecule has 1 amide bonds. The van der Waals surface area contributed by atoms with Crippen LogP contribution in [0.1, 0.15) is 50.7 Å². The first kappa shape index (κ1) is 19.2. The summed E-state index contributed by atoms with van der Waals surface area (Å²) in [6, 6.07) is 9.59. The van der Waals surface area contributed by atoms with E-state index in [2.05, 4.69) is 24.8 Å². The fourth-order valence-corrected chi connectivity index (χ4v) is 3.33. The molecule has 0 N–H and O–H groups in total. The quantitative estimate of drug-likeness (QED) is 0.712. The second kappa shape index (κ2) is 10.0. The lowest BCUT2D eigenvalue weighted by atomic mass is 10.1. The first-order valence-corrected chi connectivity index (χ1v) is 9.35. The van der Waals surface area contributed by atoms with Crippen LogP contribution in [0.5, 0.6) is 0 Å². The van der Waals surface area contributed by atoms with Crippen molar-refractivity contribution in [3.63, 3.8) is 0 Å². The van der Waals surface area contributed by atoms with Gasteiger partial charge in [-0.2, -0.15) is 5.26 Å². The van der Waals surface area contributed by atoms with E-state index in [1.807, 2.05) is 23.1 Å². The van der Waals surface area contributed by atoms with Crippen LogP contribution >= 0.6 is 0 Å². The van der Waals surface area contributed by atoms with Crippen molar-refractivity contribution in [3.8, 4) is 6.07 Å². The lowest BCUT2D eigenvalue weighted by Gasteiger charge is -2.34. The average Bonchev–Trinajstić information content (AvgIpc) is 2.65. The molecule has 1 unspecified atom stereocenters. The maximum absolute atomic E-state index is 12.7. The van der Waals surface area contributed by atoms with Gasteiger partial charge in [0.25, 0.3) is 0 Å².